The lowest BCUT2D eigenvalue weighted by molar-refractivity contribution is -0.139. The molecule has 0 aliphatic carbocycles. The van der Waals surface area contributed by atoms with Gasteiger partial charge in [-0.1, -0.05) is 0 Å². The predicted molar refractivity (Wildman–Crippen MR) is 48.6 cm³/mol. The second-order valence-corrected chi connectivity index (χ2v) is 2.89. The third kappa shape index (κ3) is 2.34. The molecule has 0 amide bonds. The van der Waals surface area contributed by atoms with E-state index < -0.39 is 29.9 Å². The van der Waals surface area contributed by atoms with Crippen molar-refractivity contribution in [1.29, 1.82) is 0 Å². The number of anilines is 1. The number of carbonyl (C=O) groups is 1. The van der Waals surface area contributed by atoms with Gasteiger partial charge in [-0.25, -0.2) is 13.6 Å². The second-order valence-electron chi connectivity index (χ2n) is 2.89. The Bertz CT molecular complexity index is 407. The van der Waals surface area contributed by atoms with Crippen LogP contribution in [0.5, 0.6) is 5.75 Å². The lowest BCUT2D eigenvalue weighted by Crippen LogP contribution is -2.11. The number of aliphatic carboxylic acids is 1. The van der Waals surface area contributed by atoms with Gasteiger partial charge >= 0.3 is 5.97 Å². The summed E-state index contributed by atoms with van der Waals surface area (Å²) in [6, 6.07) is 0.858. The average Bonchev–Trinajstić information content (AvgIpc) is 2.18. The number of halogens is 2. The molecule has 0 aliphatic rings. The molecule has 0 atom stereocenters. The zero-order chi connectivity index (χ0) is 11.6. The minimum Gasteiger partial charge on any atom is -0.480 e. The van der Waals surface area contributed by atoms with Crippen molar-refractivity contribution in [2.24, 2.45) is 0 Å². The van der Waals surface area contributed by atoms with Crippen LogP contribution in [0, 0.1) is 18.6 Å². The van der Waals surface area contributed by atoms with Crippen LogP contribution in [-0.4, -0.2) is 17.7 Å². The molecule has 0 saturated heterocycles. The highest BCUT2D eigenvalue weighted by molar-refractivity contribution is 5.69. The van der Waals surface area contributed by atoms with Gasteiger partial charge in [0.25, 0.3) is 0 Å². The minimum absolute atomic E-state index is 0.227. The summed E-state index contributed by atoms with van der Waals surface area (Å²) in [5.41, 5.74) is 4.66. The topological polar surface area (TPSA) is 72.5 Å². The van der Waals surface area contributed by atoms with E-state index >= 15 is 0 Å². The Balaban J connectivity index is 3.04. The zero-order valence-corrected chi connectivity index (χ0v) is 7.88. The molecule has 0 unspecified atom stereocenters. The third-order valence-corrected chi connectivity index (χ3v) is 1.80. The molecule has 0 saturated carbocycles. The van der Waals surface area contributed by atoms with Gasteiger partial charge in [-0.15, -0.1) is 0 Å². The van der Waals surface area contributed by atoms with E-state index in [0.717, 1.165) is 6.07 Å². The summed E-state index contributed by atoms with van der Waals surface area (Å²) in [6.45, 7) is 0.522. The van der Waals surface area contributed by atoms with Crippen molar-refractivity contribution in [2.45, 2.75) is 6.92 Å². The maximum Gasteiger partial charge on any atom is 0.341 e. The van der Waals surface area contributed by atoms with Crippen LogP contribution < -0.4 is 10.5 Å². The molecule has 0 heterocycles. The summed E-state index contributed by atoms with van der Waals surface area (Å²) >= 11 is 0. The van der Waals surface area contributed by atoms with Crippen molar-refractivity contribution < 1.29 is 23.4 Å². The SMILES string of the molecule is Cc1c(F)cc(OCC(=O)O)c(N)c1F. The van der Waals surface area contributed by atoms with Crippen molar-refractivity contribution in [3.8, 4) is 5.75 Å². The van der Waals surface area contributed by atoms with Crippen molar-refractivity contribution in [2.75, 3.05) is 12.3 Å². The molecule has 0 aromatic heterocycles. The normalized spacial score (nSPS) is 10.1. The number of hydrogen-bond acceptors (Lipinski definition) is 3. The van der Waals surface area contributed by atoms with Gasteiger partial charge in [0.2, 0.25) is 0 Å². The van der Waals surface area contributed by atoms with Crippen LogP contribution in [0.2, 0.25) is 0 Å². The quantitative estimate of drug-likeness (QED) is 0.749. The van der Waals surface area contributed by atoms with Gasteiger partial charge < -0.3 is 15.6 Å². The van der Waals surface area contributed by atoms with E-state index in [1.54, 1.807) is 0 Å². The van der Waals surface area contributed by atoms with Gasteiger partial charge in [0, 0.05) is 11.6 Å². The number of nitrogen functional groups attached to an aromatic ring is 1. The van der Waals surface area contributed by atoms with Gasteiger partial charge in [-0.05, 0) is 6.92 Å². The molecule has 0 radical (unpaired) electrons. The van der Waals surface area contributed by atoms with Crippen LogP contribution in [0.1, 0.15) is 5.56 Å². The number of rotatable bonds is 3. The van der Waals surface area contributed by atoms with Crippen LogP contribution in [0.4, 0.5) is 14.5 Å². The van der Waals surface area contributed by atoms with Gasteiger partial charge in [-0.2, -0.15) is 0 Å². The summed E-state index contributed by atoms with van der Waals surface area (Å²) in [5, 5.41) is 8.31. The highest BCUT2D eigenvalue weighted by Crippen LogP contribution is 2.28. The molecule has 4 nitrogen and oxygen atoms in total. The van der Waals surface area contributed by atoms with E-state index in [1.165, 1.54) is 6.92 Å². The van der Waals surface area contributed by atoms with Gasteiger partial charge in [-0.3, -0.25) is 0 Å². The Labute approximate surface area is 84.3 Å². The standard InChI is InChI=1S/C9H9F2NO3/c1-4-5(10)2-6(9(12)8(4)11)15-3-7(13)14/h2H,3,12H2,1H3,(H,13,14). The number of benzene rings is 1. The number of ether oxygens (including phenoxy) is 1. The van der Waals surface area contributed by atoms with Crippen LogP contribution in [-0.2, 0) is 4.79 Å². The molecule has 6 heteroatoms. The number of hydrogen-bond donors (Lipinski definition) is 2. The van der Waals surface area contributed by atoms with E-state index in [0.29, 0.717) is 0 Å². The van der Waals surface area contributed by atoms with Crippen molar-refractivity contribution >= 4 is 11.7 Å². The molecule has 0 fully saturated rings. The predicted octanol–water partition coefficient (Wildman–Crippen LogP) is 1.32. The molecule has 1 aromatic rings. The molecule has 15 heavy (non-hydrogen) atoms. The molecule has 3 N–H and O–H groups in total. The number of nitrogens with two attached hydrogens (primary N) is 1. The van der Waals surface area contributed by atoms with Crippen molar-refractivity contribution in [3.63, 3.8) is 0 Å². The molecule has 0 spiro atoms. The van der Waals surface area contributed by atoms with Crippen molar-refractivity contribution in [3.05, 3.63) is 23.3 Å². The summed E-state index contributed by atoms with van der Waals surface area (Å²) < 4.78 is 30.8. The van der Waals surface area contributed by atoms with E-state index in [9.17, 15) is 13.6 Å². The first kappa shape index (κ1) is 11.2. The van der Waals surface area contributed by atoms with Crippen LogP contribution in [0.3, 0.4) is 0 Å². The maximum absolute atomic E-state index is 13.2. The molecule has 1 aromatic carbocycles. The van der Waals surface area contributed by atoms with Crippen molar-refractivity contribution in [1.82, 2.24) is 0 Å². The smallest absolute Gasteiger partial charge is 0.341 e. The Morgan fingerprint density at radius 3 is 2.73 bits per heavy atom. The highest BCUT2D eigenvalue weighted by atomic mass is 19.1. The first-order chi connectivity index (χ1) is 6.93. The van der Waals surface area contributed by atoms with Gasteiger partial charge in [0.15, 0.2) is 12.4 Å². The maximum atomic E-state index is 13.2. The average molecular weight is 217 g/mol. The number of carboxylic acid groups (broad SMARTS) is 1. The van der Waals surface area contributed by atoms with Gasteiger partial charge in [0.05, 0.1) is 0 Å². The molecular weight excluding hydrogens is 208 g/mol. The molecule has 82 valence electrons. The van der Waals surface area contributed by atoms with E-state index in [4.69, 9.17) is 10.8 Å². The largest absolute Gasteiger partial charge is 0.480 e. The summed E-state index contributed by atoms with van der Waals surface area (Å²) in [6.07, 6.45) is 0. The third-order valence-electron chi connectivity index (χ3n) is 1.80. The Hall–Kier alpha value is -1.85. The first-order valence-electron chi connectivity index (χ1n) is 4.02. The zero-order valence-electron chi connectivity index (χ0n) is 7.88. The van der Waals surface area contributed by atoms with E-state index in [-0.39, 0.29) is 11.3 Å². The summed E-state index contributed by atoms with van der Waals surface area (Å²) in [4.78, 5) is 10.2. The fourth-order valence-electron chi connectivity index (χ4n) is 0.975. The van der Waals surface area contributed by atoms with Crippen LogP contribution in [0.15, 0.2) is 6.07 Å². The Kier molecular flexibility index (Phi) is 3.08. The first-order valence-corrected chi connectivity index (χ1v) is 4.02. The van der Waals surface area contributed by atoms with E-state index in [1.807, 2.05) is 0 Å². The fourth-order valence-corrected chi connectivity index (χ4v) is 0.975. The van der Waals surface area contributed by atoms with E-state index in [2.05, 4.69) is 4.74 Å². The van der Waals surface area contributed by atoms with Crippen LogP contribution >= 0.6 is 0 Å². The molecular formula is C9H9F2NO3. The molecule has 0 bridgehead atoms. The monoisotopic (exact) mass is 217 g/mol. The fraction of sp³-hybridized carbons (Fsp3) is 0.222. The lowest BCUT2D eigenvalue weighted by atomic mass is 10.2. The second kappa shape index (κ2) is 4.12. The summed E-state index contributed by atoms with van der Waals surface area (Å²) in [7, 11) is 0. The number of carboxylic acids is 1. The highest BCUT2D eigenvalue weighted by Gasteiger charge is 2.14. The minimum atomic E-state index is -1.25. The Morgan fingerprint density at radius 2 is 2.20 bits per heavy atom. The van der Waals surface area contributed by atoms with Gasteiger partial charge in [0.1, 0.15) is 17.3 Å². The lowest BCUT2D eigenvalue weighted by Gasteiger charge is -2.09. The molecule has 0 aliphatic heterocycles. The summed E-state index contributed by atoms with van der Waals surface area (Å²) in [5.74, 6) is -3.33. The molecule has 1 rings (SSSR count). The Morgan fingerprint density at radius 1 is 1.60 bits per heavy atom. The van der Waals surface area contributed by atoms with Crippen LogP contribution in [0.25, 0.3) is 0 Å².